The smallest absolute Gasteiger partial charge is 0.0637 e. The summed E-state index contributed by atoms with van der Waals surface area (Å²) >= 11 is 0. The Kier molecular flexibility index (Phi) is 1.86. The van der Waals surface area contributed by atoms with Crippen LogP contribution >= 0.6 is 0 Å². The van der Waals surface area contributed by atoms with Crippen LogP contribution in [0.1, 0.15) is 6.42 Å². The molecule has 0 aliphatic carbocycles. The molecular weight excluding hydrogens is 128 g/mol. The first-order valence-electron chi connectivity index (χ1n) is 3.93. The maximum Gasteiger partial charge on any atom is 0.0637 e. The van der Waals surface area contributed by atoms with Crippen molar-refractivity contribution in [2.75, 3.05) is 32.8 Å². The van der Waals surface area contributed by atoms with Gasteiger partial charge >= 0.3 is 0 Å². The van der Waals surface area contributed by atoms with Crippen molar-refractivity contribution in [2.45, 2.75) is 6.42 Å². The predicted molar refractivity (Wildman–Crippen MR) is 38.9 cm³/mol. The van der Waals surface area contributed by atoms with E-state index in [9.17, 15) is 0 Å². The summed E-state index contributed by atoms with van der Waals surface area (Å²) in [4.78, 5) is 0. The van der Waals surface area contributed by atoms with Crippen molar-refractivity contribution in [3.05, 3.63) is 0 Å². The van der Waals surface area contributed by atoms with E-state index in [-0.39, 0.29) is 0 Å². The topological polar surface area (TPSA) is 30.5 Å². The molecule has 0 bridgehead atoms. The van der Waals surface area contributed by atoms with Gasteiger partial charge in [-0.05, 0) is 6.42 Å². The van der Waals surface area contributed by atoms with Crippen LogP contribution in [0.5, 0.6) is 0 Å². The highest BCUT2D eigenvalue weighted by molar-refractivity contribution is 4.66. The lowest BCUT2D eigenvalue weighted by Gasteiger charge is -2.25. The highest BCUT2D eigenvalue weighted by atomic mass is 15.8. The van der Waals surface area contributed by atoms with Crippen molar-refractivity contribution < 1.29 is 0 Å². The summed E-state index contributed by atoms with van der Waals surface area (Å²) < 4.78 is 0. The van der Waals surface area contributed by atoms with Gasteiger partial charge in [0, 0.05) is 26.2 Å². The van der Waals surface area contributed by atoms with Crippen molar-refractivity contribution >= 4 is 0 Å². The molecule has 4 heteroatoms. The van der Waals surface area contributed by atoms with Crippen LogP contribution in [0.25, 0.3) is 0 Å². The van der Waals surface area contributed by atoms with Gasteiger partial charge in [-0.25, -0.2) is 10.4 Å². The molecule has 10 heavy (non-hydrogen) atoms. The molecule has 0 atom stereocenters. The van der Waals surface area contributed by atoms with Crippen molar-refractivity contribution in [1.82, 2.24) is 20.9 Å². The van der Waals surface area contributed by atoms with Crippen LogP contribution in [-0.2, 0) is 0 Å². The minimum absolute atomic E-state index is 1.01. The fourth-order valence-electron chi connectivity index (χ4n) is 1.46. The van der Waals surface area contributed by atoms with E-state index >= 15 is 0 Å². The van der Waals surface area contributed by atoms with E-state index in [1.165, 1.54) is 13.0 Å². The molecule has 0 aromatic heterocycles. The summed E-state index contributed by atoms with van der Waals surface area (Å²) in [7, 11) is 0. The van der Waals surface area contributed by atoms with Gasteiger partial charge in [-0.15, -0.1) is 0 Å². The lowest BCUT2D eigenvalue weighted by Crippen LogP contribution is -2.46. The third kappa shape index (κ3) is 1.15. The summed E-state index contributed by atoms with van der Waals surface area (Å²) in [5, 5.41) is 7.83. The van der Waals surface area contributed by atoms with E-state index in [4.69, 9.17) is 0 Å². The van der Waals surface area contributed by atoms with Gasteiger partial charge in [0.15, 0.2) is 0 Å². The van der Waals surface area contributed by atoms with E-state index in [0.29, 0.717) is 0 Å². The van der Waals surface area contributed by atoms with Crippen molar-refractivity contribution in [2.24, 2.45) is 0 Å². The predicted octanol–water partition coefficient (Wildman–Crippen LogP) is -1.03. The minimum Gasteiger partial charge on any atom is -0.302 e. The van der Waals surface area contributed by atoms with Crippen LogP contribution in [0.3, 0.4) is 0 Å². The zero-order chi connectivity index (χ0) is 6.81. The van der Waals surface area contributed by atoms with Crippen molar-refractivity contribution in [3.63, 3.8) is 0 Å². The number of hydrazine groups is 2. The largest absolute Gasteiger partial charge is 0.302 e. The van der Waals surface area contributed by atoms with Crippen molar-refractivity contribution in [3.8, 4) is 0 Å². The molecule has 0 radical (unpaired) electrons. The lowest BCUT2D eigenvalue weighted by molar-refractivity contribution is -0.0238. The van der Waals surface area contributed by atoms with Gasteiger partial charge in [0.05, 0.1) is 6.67 Å². The number of hydrogen-bond acceptors (Lipinski definition) is 4. The van der Waals surface area contributed by atoms with E-state index < -0.39 is 0 Å². The monoisotopic (exact) mass is 142 g/mol. The Labute approximate surface area is 61.1 Å². The van der Waals surface area contributed by atoms with Gasteiger partial charge in [-0.1, -0.05) is 0 Å². The number of rotatable bonds is 1. The highest BCUT2D eigenvalue weighted by Gasteiger charge is 2.21. The van der Waals surface area contributed by atoms with Crippen LogP contribution in [0.2, 0.25) is 0 Å². The van der Waals surface area contributed by atoms with Crippen LogP contribution in [0.15, 0.2) is 0 Å². The maximum absolute atomic E-state index is 3.32. The van der Waals surface area contributed by atoms with E-state index in [2.05, 4.69) is 20.9 Å². The quantitative estimate of drug-likeness (QED) is 0.490. The first-order chi connectivity index (χ1) is 4.97. The molecule has 58 valence electrons. The summed E-state index contributed by atoms with van der Waals surface area (Å²) in [6.07, 6.45) is 1.27. The Morgan fingerprint density at radius 1 is 1.10 bits per heavy atom. The van der Waals surface area contributed by atoms with E-state index in [1.807, 2.05) is 0 Å². The standard InChI is InChI=1S/C6H14N4/c1-2-8-10(4-1)9-5-3-7-6-9/h7-8H,1-6H2. The molecule has 0 aromatic carbocycles. The zero-order valence-electron chi connectivity index (χ0n) is 6.14. The minimum atomic E-state index is 1.01. The molecule has 2 saturated heterocycles. The summed E-state index contributed by atoms with van der Waals surface area (Å²) in [5.74, 6) is 0. The summed E-state index contributed by atoms with van der Waals surface area (Å²) in [5.41, 5.74) is 3.32. The Balaban J connectivity index is 1.85. The second-order valence-corrected chi connectivity index (χ2v) is 2.77. The second-order valence-electron chi connectivity index (χ2n) is 2.77. The number of nitrogens with zero attached hydrogens (tertiary/aromatic N) is 2. The number of nitrogens with one attached hydrogen (secondary N) is 2. The first-order valence-corrected chi connectivity index (χ1v) is 3.93. The molecule has 2 N–H and O–H groups in total. The lowest BCUT2D eigenvalue weighted by atomic mass is 10.5. The molecule has 2 fully saturated rings. The normalized spacial score (nSPS) is 30.0. The van der Waals surface area contributed by atoms with E-state index in [0.717, 1.165) is 26.3 Å². The zero-order valence-corrected chi connectivity index (χ0v) is 6.14. The third-order valence-electron chi connectivity index (χ3n) is 2.02. The SMILES string of the molecule is C1CNN(N2CCNC2)C1. The molecule has 2 aliphatic heterocycles. The van der Waals surface area contributed by atoms with Gasteiger partial charge in [0.1, 0.15) is 0 Å². The molecule has 2 rings (SSSR count). The highest BCUT2D eigenvalue weighted by Crippen LogP contribution is 2.02. The van der Waals surface area contributed by atoms with Gasteiger partial charge in [0.2, 0.25) is 0 Å². The molecule has 2 aliphatic rings. The van der Waals surface area contributed by atoms with Crippen LogP contribution in [-0.4, -0.2) is 43.0 Å². The molecule has 0 amide bonds. The average Bonchev–Trinajstić information content (AvgIpc) is 2.59. The Morgan fingerprint density at radius 3 is 2.70 bits per heavy atom. The molecule has 0 saturated carbocycles. The van der Waals surface area contributed by atoms with Gasteiger partial charge in [-0.3, -0.25) is 0 Å². The van der Waals surface area contributed by atoms with Gasteiger partial charge in [-0.2, -0.15) is 5.12 Å². The maximum atomic E-state index is 3.32. The second kappa shape index (κ2) is 2.84. The van der Waals surface area contributed by atoms with E-state index in [1.54, 1.807) is 0 Å². The molecule has 2 heterocycles. The van der Waals surface area contributed by atoms with Crippen LogP contribution in [0.4, 0.5) is 0 Å². The fourth-order valence-corrected chi connectivity index (χ4v) is 1.46. The van der Waals surface area contributed by atoms with Crippen LogP contribution in [0, 0.1) is 0 Å². The Hall–Kier alpha value is -0.160. The Morgan fingerprint density at radius 2 is 2.10 bits per heavy atom. The molecule has 0 aromatic rings. The van der Waals surface area contributed by atoms with Crippen molar-refractivity contribution in [1.29, 1.82) is 0 Å². The molecular formula is C6H14N4. The summed E-state index contributed by atoms with van der Waals surface area (Å²) in [6.45, 7) is 5.58. The Bertz CT molecular complexity index is 90.3. The van der Waals surface area contributed by atoms with Crippen LogP contribution < -0.4 is 10.7 Å². The van der Waals surface area contributed by atoms with Gasteiger partial charge in [0.25, 0.3) is 0 Å². The summed E-state index contributed by atoms with van der Waals surface area (Å²) in [6, 6.07) is 0. The fraction of sp³-hybridized carbons (Fsp3) is 1.00. The molecule has 4 nitrogen and oxygen atoms in total. The number of hydrogen-bond donors (Lipinski definition) is 2. The van der Waals surface area contributed by atoms with Gasteiger partial charge < -0.3 is 5.32 Å². The first kappa shape index (κ1) is 6.54. The molecule has 0 unspecified atom stereocenters. The average molecular weight is 142 g/mol. The third-order valence-corrected chi connectivity index (χ3v) is 2.02. The molecule has 0 spiro atoms.